The Bertz CT molecular complexity index is 1090. The summed E-state index contributed by atoms with van der Waals surface area (Å²) < 4.78 is 26.1. The van der Waals surface area contributed by atoms with Gasteiger partial charge in [-0.2, -0.15) is 0 Å². The highest BCUT2D eigenvalue weighted by Crippen LogP contribution is 2.40. The number of allylic oxidation sites excluding steroid dienone is 2. The van der Waals surface area contributed by atoms with E-state index in [2.05, 4.69) is 5.32 Å². The number of Topliss-reactive ketones (excluding diaryl/α,β-unsaturated/α-hetero) is 1. The fourth-order valence-electron chi connectivity index (χ4n) is 2.79. The number of carbonyl (C=O) groups is 1. The number of ketones is 1. The Morgan fingerprint density at radius 3 is 2.35 bits per heavy atom. The Morgan fingerprint density at radius 2 is 1.77 bits per heavy atom. The molecule has 0 aromatic heterocycles. The van der Waals surface area contributed by atoms with Crippen LogP contribution in [-0.4, -0.2) is 19.1 Å². The van der Waals surface area contributed by atoms with Crippen LogP contribution < -0.4 is 5.32 Å². The highest BCUT2D eigenvalue weighted by Gasteiger charge is 2.37. The summed E-state index contributed by atoms with van der Waals surface area (Å²) in [6.07, 6.45) is 0. The second-order valence-electron chi connectivity index (χ2n) is 5.81. The van der Waals surface area contributed by atoms with Gasteiger partial charge in [-0.15, -0.1) is 0 Å². The lowest BCUT2D eigenvalue weighted by molar-refractivity contribution is -0.385. The molecule has 2 aromatic carbocycles. The van der Waals surface area contributed by atoms with Crippen LogP contribution in [0.15, 0.2) is 51.9 Å². The summed E-state index contributed by atoms with van der Waals surface area (Å²) in [7, 11) is -4.24. The Labute approximate surface area is 154 Å². The standard InChI is InChI=1S/C17H13ClN2O5S/c1-9-7-13(20(22)23)8-14-15(9)19-10(2)17(26(14,24)25)16(21)11-3-5-12(18)6-4-11/h3-8,19H,1-2H3. The van der Waals surface area contributed by atoms with Gasteiger partial charge in [-0.25, -0.2) is 8.42 Å². The molecule has 0 aliphatic carbocycles. The number of aryl methyl sites for hydroxylation is 1. The van der Waals surface area contributed by atoms with Gasteiger partial charge in [0.25, 0.3) is 5.69 Å². The molecular formula is C17H13ClN2O5S. The Kier molecular flexibility index (Phi) is 4.33. The van der Waals surface area contributed by atoms with Gasteiger partial charge in [-0.1, -0.05) is 11.6 Å². The number of halogens is 1. The van der Waals surface area contributed by atoms with Crippen LogP contribution in [0.25, 0.3) is 0 Å². The van der Waals surface area contributed by atoms with Gasteiger partial charge in [0.2, 0.25) is 15.6 Å². The van der Waals surface area contributed by atoms with Gasteiger partial charge in [0.05, 0.1) is 10.6 Å². The first kappa shape index (κ1) is 18.1. The molecule has 1 heterocycles. The van der Waals surface area contributed by atoms with Gasteiger partial charge in [-0.3, -0.25) is 14.9 Å². The number of fused-ring (bicyclic) bond motifs is 1. The second-order valence-corrected chi connectivity index (χ2v) is 8.10. The number of nitro groups is 1. The fraction of sp³-hybridized carbons (Fsp3) is 0.118. The van der Waals surface area contributed by atoms with Crippen LogP contribution in [0.5, 0.6) is 0 Å². The highest BCUT2D eigenvalue weighted by molar-refractivity contribution is 7.96. The molecule has 0 atom stereocenters. The van der Waals surface area contributed by atoms with Crippen molar-refractivity contribution in [2.75, 3.05) is 5.32 Å². The maximum Gasteiger partial charge on any atom is 0.271 e. The molecular weight excluding hydrogens is 380 g/mol. The van der Waals surface area contributed by atoms with Crippen LogP contribution in [0.1, 0.15) is 22.8 Å². The molecule has 2 aromatic rings. The quantitative estimate of drug-likeness (QED) is 0.482. The highest BCUT2D eigenvalue weighted by atomic mass is 35.5. The number of nitrogens with one attached hydrogen (secondary N) is 1. The molecule has 0 fully saturated rings. The van der Waals surface area contributed by atoms with Crippen molar-refractivity contribution >= 4 is 38.6 Å². The van der Waals surface area contributed by atoms with E-state index in [1.807, 2.05) is 0 Å². The van der Waals surface area contributed by atoms with Crippen molar-refractivity contribution in [3.05, 3.63) is 73.3 Å². The van der Waals surface area contributed by atoms with Crippen LogP contribution in [0.3, 0.4) is 0 Å². The maximum absolute atomic E-state index is 13.1. The van der Waals surface area contributed by atoms with Crippen LogP contribution in [-0.2, 0) is 9.84 Å². The van der Waals surface area contributed by atoms with Gasteiger partial charge >= 0.3 is 0 Å². The molecule has 9 heteroatoms. The summed E-state index contributed by atoms with van der Waals surface area (Å²) in [4.78, 5) is 22.5. The number of sulfone groups is 1. The van der Waals surface area contributed by atoms with E-state index in [0.29, 0.717) is 10.6 Å². The number of hydrogen-bond acceptors (Lipinski definition) is 6. The summed E-state index contributed by atoms with van der Waals surface area (Å²) in [6, 6.07) is 8.06. The van der Waals surface area contributed by atoms with E-state index in [-0.39, 0.29) is 27.5 Å². The summed E-state index contributed by atoms with van der Waals surface area (Å²) in [5, 5.41) is 14.4. The van der Waals surface area contributed by atoms with E-state index >= 15 is 0 Å². The van der Waals surface area contributed by atoms with Crippen molar-refractivity contribution in [1.29, 1.82) is 0 Å². The first-order chi connectivity index (χ1) is 12.1. The molecule has 3 rings (SSSR count). The predicted molar refractivity (Wildman–Crippen MR) is 97.1 cm³/mol. The van der Waals surface area contributed by atoms with Crippen LogP contribution in [0, 0.1) is 17.0 Å². The average Bonchev–Trinajstić information content (AvgIpc) is 2.55. The monoisotopic (exact) mass is 392 g/mol. The lowest BCUT2D eigenvalue weighted by atomic mass is 10.1. The van der Waals surface area contributed by atoms with Crippen molar-refractivity contribution in [2.24, 2.45) is 0 Å². The van der Waals surface area contributed by atoms with Gasteiger partial charge < -0.3 is 5.32 Å². The van der Waals surface area contributed by atoms with E-state index < -0.39 is 25.4 Å². The molecule has 0 spiro atoms. The number of carbonyl (C=O) groups excluding carboxylic acids is 1. The normalized spacial score (nSPS) is 15.2. The number of anilines is 1. The first-order valence-electron chi connectivity index (χ1n) is 7.45. The molecule has 0 saturated carbocycles. The van der Waals surface area contributed by atoms with Gasteiger partial charge in [0.15, 0.2) is 0 Å². The molecule has 7 nitrogen and oxygen atoms in total. The minimum Gasteiger partial charge on any atom is -0.357 e. The van der Waals surface area contributed by atoms with Crippen molar-refractivity contribution in [3.8, 4) is 0 Å². The molecule has 1 aliphatic rings. The third-order valence-corrected chi connectivity index (χ3v) is 6.20. The van der Waals surface area contributed by atoms with E-state index in [1.165, 1.54) is 37.3 Å². The molecule has 0 amide bonds. The summed E-state index contributed by atoms with van der Waals surface area (Å²) in [5.74, 6) is -0.707. The maximum atomic E-state index is 13.1. The van der Waals surface area contributed by atoms with E-state index in [9.17, 15) is 23.3 Å². The number of rotatable bonds is 3. The number of non-ortho nitro benzene ring substituents is 1. The largest absolute Gasteiger partial charge is 0.357 e. The van der Waals surface area contributed by atoms with Gasteiger partial charge in [0.1, 0.15) is 9.80 Å². The summed E-state index contributed by atoms with van der Waals surface area (Å²) >= 11 is 5.80. The smallest absolute Gasteiger partial charge is 0.271 e. The molecule has 1 N–H and O–H groups in total. The summed E-state index contributed by atoms with van der Waals surface area (Å²) in [6.45, 7) is 3.04. The van der Waals surface area contributed by atoms with E-state index in [0.717, 1.165) is 6.07 Å². The Morgan fingerprint density at radius 1 is 1.15 bits per heavy atom. The molecule has 0 unspecified atom stereocenters. The molecule has 0 radical (unpaired) electrons. The zero-order valence-electron chi connectivity index (χ0n) is 13.7. The van der Waals surface area contributed by atoms with Crippen molar-refractivity contribution in [3.63, 3.8) is 0 Å². The fourth-order valence-corrected chi connectivity index (χ4v) is 4.71. The Balaban J connectivity index is 2.20. The third kappa shape index (κ3) is 2.87. The van der Waals surface area contributed by atoms with E-state index in [4.69, 9.17) is 11.6 Å². The van der Waals surface area contributed by atoms with Crippen molar-refractivity contribution in [2.45, 2.75) is 18.7 Å². The lowest BCUT2D eigenvalue weighted by Gasteiger charge is -2.23. The minimum atomic E-state index is -4.24. The zero-order chi connectivity index (χ0) is 19.2. The van der Waals surface area contributed by atoms with Crippen LogP contribution in [0.4, 0.5) is 11.4 Å². The molecule has 1 aliphatic heterocycles. The number of benzene rings is 2. The average molecular weight is 393 g/mol. The number of hydrogen-bond donors (Lipinski definition) is 1. The van der Waals surface area contributed by atoms with Gasteiger partial charge in [-0.05, 0) is 43.7 Å². The number of nitro benzene ring substituents is 1. The molecule has 0 bridgehead atoms. The lowest BCUT2D eigenvalue weighted by Crippen LogP contribution is -2.24. The molecule has 134 valence electrons. The Hall–Kier alpha value is -2.71. The third-order valence-electron chi connectivity index (χ3n) is 4.02. The molecule has 26 heavy (non-hydrogen) atoms. The van der Waals surface area contributed by atoms with Crippen molar-refractivity contribution < 1.29 is 18.1 Å². The number of nitrogens with zero attached hydrogens (tertiary/aromatic N) is 1. The van der Waals surface area contributed by atoms with E-state index in [1.54, 1.807) is 6.92 Å². The topological polar surface area (TPSA) is 106 Å². The predicted octanol–water partition coefficient (Wildman–Crippen LogP) is 3.87. The van der Waals surface area contributed by atoms with Crippen molar-refractivity contribution in [1.82, 2.24) is 0 Å². The second kappa shape index (κ2) is 6.22. The van der Waals surface area contributed by atoms with Crippen LogP contribution >= 0.6 is 11.6 Å². The SMILES string of the molecule is CC1=C(C(=O)c2ccc(Cl)cc2)S(=O)(=O)c2cc([N+](=O)[O-])cc(C)c2N1. The zero-order valence-corrected chi connectivity index (χ0v) is 15.3. The molecule has 0 saturated heterocycles. The van der Waals surface area contributed by atoms with Gasteiger partial charge in [0, 0.05) is 28.4 Å². The summed E-state index contributed by atoms with van der Waals surface area (Å²) in [5.41, 5.74) is 0.592. The minimum absolute atomic E-state index is 0.153. The van der Waals surface area contributed by atoms with Crippen LogP contribution in [0.2, 0.25) is 5.02 Å². The first-order valence-corrected chi connectivity index (χ1v) is 9.31.